The van der Waals surface area contributed by atoms with E-state index in [9.17, 15) is 0 Å². The summed E-state index contributed by atoms with van der Waals surface area (Å²) in [6.07, 6.45) is 16.7. The molecule has 2 aliphatic carbocycles. The fourth-order valence-corrected chi connectivity index (χ4v) is 4.01. The van der Waals surface area contributed by atoms with Crippen molar-refractivity contribution in [3.8, 4) is 0 Å². The molecule has 1 nitrogen and oxygen atoms in total. The lowest BCUT2D eigenvalue weighted by molar-refractivity contribution is 0.229. The summed E-state index contributed by atoms with van der Waals surface area (Å²) in [6, 6.07) is 0.694. The molecule has 0 heterocycles. The van der Waals surface area contributed by atoms with E-state index in [0.717, 1.165) is 11.8 Å². The Morgan fingerprint density at radius 2 is 2.06 bits per heavy atom. The van der Waals surface area contributed by atoms with E-state index >= 15 is 0 Å². The molecule has 2 rings (SSSR count). The van der Waals surface area contributed by atoms with E-state index in [1.807, 2.05) is 0 Å². The Bertz CT molecular complexity index is 261. The summed E-state index contributed by atoms with van der Waals surface area (Å²) >= 11 is 0. The first-order valence-electron chi connectivity index (χ1n) is 8.21. The van der Waals surface area contributed by atoms with Crippen LogP contribution in [0.1, 0.15) is 71.1 Å². The van der Waals surface area contributed by atoms with Gasteiger partial charge in [0, 0.05) is 6.04 Å². The van der Waals surface area contributed by atoms with Gasteiger partial charge in [0.05, 0.1) is 0 Å². The van der Waals surface area contributed by atoms with Gasteiger partial charge >= 0.3 is 0 Å². The van der Waals surface area contributed by atoms with Crippen LogP contribution in [0.4, 0.5) is 0 Å². The molecular formula is C17H31N. The maximum absolute atomic E-state index is 3.60. The number of hydrogen-bond donors (Lipinski definition) is 1. The monoisotopic (exact) mass is 249 g/mol. The van der Waals surface area contributed by atoms with Crippen molar-refractivity contribution in [2.75, 3.05) is 7.05 Å². The normalized spacial score (nSPS) is 30.2. The minimum atomic E-state index is 0.694. The SMILES string of the molecule is CCCCC1CCC(C(NC)C2=CCCC2)CC1. The van der Waals surface area contributed by atoms with Gasteiger partial charge in [0.1, 0.15) is 0 Å². The molecule has 2 aliphatic rings. The fraction of sp³-hybridized carbons (Fsp3) is 0.882. The summed E-state index contributed by atoms with van der Waals surface area (Å²) in [5, 5.41) is 3.60. The molecule has 104 valence electrons. The molecule has 0 radical (unpaired) electrons. The van der Waals surface area contributed by atoms with E-state index in [4.69, 9.17) is 0 Å². The Kier molecular flexibility index (Phi) is 5.75. The molecule has 0 aliphatic heterocycles. The molecule has 1 unspecified atom stereocenters. The standard InChI is InChI=1S/C17H31N/c1-3-4-7-14-10-12-16(13-11-14)17(18-2)15-8-5-6-9-15/h8,14,16-18H,3-7,9-13H2,1-2H3. The molecule has 0 spiro atoms. The number of likely N-dealkylation sites (N-methyl/N-ethyl adjacent to an activating group) is 1. The molecular weight excluding hydrogens is 218 g/mol. The van der Waals surface area contributed by atoms with Gasteiger partial charge < -0.3 is 5.32 Å². The molecule has 0 aromatic rings. The minimum Gasteiger partial charge on any atom is -0.313 e. The lowest BCUT2D eigenvalue weighted by atomic mass is 9.75. The predicted octanol–water partition coefficient (Wildman–Crippen LogP) is 4.68. The van der Waals surface area contributed by atoms with E-state index in [1.54, 1.807) is 5.57 Å². The highest BCUT2D eigenvalue weighted by Crippen LogP contribution is 2.37. The van der Waals surface area contributed by atoms with Gasteiger partial charge in [-0.15, -0.1) is 0 Å². The summed E-state index contributed by atoms with van der Waals surface area (Å²) < 4.78 is 0. The van der Waals surface area contributed by atoms with Gasteiger partial charge in [-0.05, 0) is 51.0 Å². The van der Waals surface area contributed by atoms with Crippen LogP contribution in [0.15, 0.2) is 11.6 Å². The zero-order valence-corrected chi connectivity index (χ0v) is 12.4. The van der Waals surface area contributed by atoms with Crippen molar-refractivity contribution in [2.24, 2.45) is 11.8 Å². The zero-order valence-electron chi connectivity index (χ0n) is 12.4. The lowest BCUT2D eigenvalue weighted by Crippen LogP contribution is -2.37. The maximum Gasteiger partial charge on any atom is 0.0305 e. The molecule has 0 saturated heterocycles. The summed E-state index contributed by atoms with van der Waals surface area (Å²) in [5.74, 6) is 1.95. The van der Waals surface area contributed by atoms with Crippen molar-refractivity contribution < 1.29 is 0 Å². The highest BCUT2D eigenvalue weighted by Gasteiger charge is 2.29. The fourth-order valence-electron chi connectivity index (χ4n) is 4.01. The third-order valence-electron chi connectivity index (χ3n) is 5.12. The van der Waals surface area contributed by atoms with E-state index in [1.165, 1.54) is 64.2 Å². The van der Waals surface area contributed by atoms with Crippen molar-refractivity contribution in [1.82, 2.24) is 5.32 Å². The van der Waals surface area contributed by atoms with Crippen LogP contribution in [0, 0.1) is 11.8 Å². The van der Waals surface area contributed by atoms with Gasteiger partial charge in [0.2, 0.25) is 0 Å². The first-order chi connectivity index (χ1) is 8.85. The lowest BCUT2D eigenvalue weighted by Gasteiger charge is -2.34. The largest absolute Gasteiger partial charge is 0.313 e. The van der Waals surface area contributed by atoms with Crippen LogP contribution in [0.3, 0.4) is 0 Å². The number of hydrogen-bond acceptors (Lipinski definition) is 1. The van der Waals surface area contributed by atoms with E-state index in [0.29, 0.717) is 6.04 Å². The second-order valence-electron chi connectivity index (χ2n) is 6.36. The van der Waals surface area contributed by atoms with Crippen LogP contribution in [0.2, 0.25) is 0 Å². The molecule has 1 heteroatoms. The van der Waals surface area contributed by atoms with Crippen LogP contribution in [-0.4, -0.2) is 13.1 Å². The number of nitrogens with one attached hydrogen (secondary N) is 1. The van der Waals surface area contributed by atoms with Crippen LogP contribution in [0.25, 0.3) is 0 Å². The molecule has 0 aromatic heterocycles. The molecule has 1 N–H and O–H groups in total. The second kappa shape index (κ2) is 7.33. The van der Waals surface area contributed by atoms with Crippen LogP contribution in [0.5, 0.6) is 0 Å². The summed E-state index contributed by atoms with van der Waals surface area (Å²) in [4.78, 5) is 0. The molecule has 0 aromatic carbocycles. The Labute approximate surface area is 113 Å². The Morgan fingerprint density at radius 1 is 1.28 bits per heavy atom. The molecule has 1 atom stereocenters. The first kappa shape index (κ1) is 14.1. The smallest absolute Gasteiger partial charge is 0.0305 e. The minimum absolute atomic E-state index is 0.694. The highest BCUT2D eigenvalue weighted by molar-refractivity contribution is 5.16. The van der Waals surface area contributed by atoms with E-state index in [2.05, 4.69) is 25.4 Å². The molecule has 0 bridgehead atoms. The van der Waals surface area contributed by atoms with Crippen LogP contribution >= 0.6 is 0 Å². The van der Waals surface area contributed by atoms with Crippen molar-refractivity contribution in [2.45, 2.75) is 77.2 Å². The van der Waals surface area contributed by atoms with Gasteiger partial charge in [-0.1, -0.05) is 50.7 Å². The summed E-state index contributed by atoms with van der Waals surface area (Å²) in [5.41, 5.74) is 1.72. The molecule has 1 saturated carbocycles. The van der Waals surface area contributed by atoms with Crippen molar-refractivity contribution in [3.63, 3.8) is 0 Å². The number of allylic oxidation sites excluding steroid dienone is 1. The summed E-state index contributed by atoms with van der Waals surface area (Å²) in [6.45, 7) is 2.31. The van der Waals surface area contributed by atoms with Gasteiger partial charge in [0.25, 0.3) is 0 Å². The van der Waals surface area contributed by atoms with Gasteiger partial charge in [-0.3, -0.25) is 0 Å². The highest BCUT2D eigenvalue weighted by atomic mass is 14.9. The van der Waals surface area contributed by atoms with Crippen molar-refractivity contribution >= 4 is 0 Å². The third-order valence-corrected chi connectivity index (χ3v) is 5.12. The Hall–Kier alpha value is -0.300. The predicted molar refractivity (Wildman–Crippen MR) is 79.8 cm³/mol. The molecule has 0 amide bonds. The Morgan fingerprint density at radius 3 is 2.61 bits per heavy atom. The topological polar surface area (TPSA) is 12.0 Å². The van der Waals surface area contributed by atoms with Gasteiger partial charge in [-0.2, -0.15) is 0 Å². The zero-order chi connectivity index (χ0) is 12.8. The number of rotatable bonds is 6. The second-order valence-corrected chi connectivity index (χ2v) is 6.36. The molecule has 18 heavy (non-hydrogen) atoms. The maximum atomic E-state index is 3.60. The average Bonchev–Trinajstić information content (AvgIpc) is 2.93. The van der Waals surface area contributed by atoms with Crippen molar-refractivity contribution in [1.29, 1.82) is 0 Å². The molecule has 1 fully saturated rings. The Balaban J connectivity index is 1.80. The number of unbranched alkanes of at least 4 members (excludes halogenated alkanes) is 1. The third kappa shape index (κ3) is 3.60. The average molecular weight is 249 g/mol. The van der Waals surface area contributed by atoms with E-state index < -0.39 is 0 Å². The van der Waals surface area contributed by atoms with Crippen LogP contribution in [-0.2, 0) is 0 Å². The van der Waals surface area contributed by atoms with Gasteiger partial charge in [0.15, 0.2) is 0 Å². The van der Waals surface area contributed by atoms with E-state index in [-0.39, 0.29) is 0 Å². The van der Waals surface area contributed by atoms with Crippen LogP contribution < -0.4 is 5.32 Å². The van der Waals surface area contributed by atoms with Crippen molar-refractivity contribution in [3.05, 3.63) is 11.6 Å². The van der Waals surface area contributed by atoms with Gasteiger partial charge in [-0.25, -0.2) is 0 Å². The quantitative estimate of drug-likeness (QED) is 0.674. The summed E-state index contributed by atoms with van der Waals surface area (Å²) in [7, 11) is 2.16. The first-order valence-corrected chi connectivity index (χ1v) is 8.21.